The first kappa shape index (κ1) is 19.5. The van der Waals surface area contributed by atoms with E-state index in [1.54, 1.807) is 19.4 Å². The largest absolute Gasteiger partial charge is 0.497 e. The third-order valence-corrected chi connectivity index (χ3v) is 5.55. The third kappa shape index (κ3) is 4.79. The Kier molecular flexibility index (Phi) is 6.14. The number of benzene rings is 1. The standard InChI is InChI=1S/C22H28N4O3/c1-28-19-6-4-18(5-7-19)25-10-12-26(13-11-25)22(27)17-8-9-23-21(15-17)24-16-20-3-2-14-29-20/h4-9,15,20H,2-3,10-14,16H2,1H3,(H,23,24). The molecule has 0 spiro atoms. The van der Waals surface area contributed by atoms with Crippen LogP contribution in [0.25, 0.3) is 0 Å². The molecule has 3 heterocycles. The molecule has 1 N–H and O–H groups in total. The molecule has 2 aliphatic heterocycles. The molecule has 0 radical (unpaired) electrons. The Morgan fingerprint density at radius 2 is 2.00 bits per heavy atom. The van der Waals surface area contributed by atoms with Crippen LogP contribution in [0.3, 0.4) is 0 Å². The lowest BCUT2D eigenvalue weighted by Crippen LogP contribution is -2.48. The molecule has 0 saturated carbocycles. The molecule has 0 bridgehead atoms. The molecule has 1 aromatic carbocycles. The number of aromatic nitrogens is 1. The van der Waals surface area contributed by atoms with Crippen molar-refractivity contribution in [3.8, 4) is 5.75 Å². The SMILES string of the molecule is COc1ccc(N2CCN(C(=O)c3ccnc(NCC4CCCO4)c3)CC2)cc1. The third-order valence-electron chi connectivity index (χ3n) is 5.55. The average Bonchev–Trinajstić information content (AvgIpc) is 3.31. The maximum Gasteiger partial charge on any atom is 0.254 e. The molecule has 2 saturated heterocycles. The van der Waals surface area contributed by atoms with Crippen molar-refractivity contribution in [2.45, 2.75) is 18.9 Å². The van der Waals surface area contributed by atoms with Crippen molar-refractivity contribution in [3.63, 3.8) is 0 Å². The summed E-state index contributed by atoms with van der Waals surface area (Å²) in [6.07, 6.45) is 4.12. The van der Waals surface area contributed by atoms with Gasteiger partial charge in [-0.25, -0.2) is 4.98 Å². The monoisotopic (exact) mass is 396 g/mol. The first-order valence-corrected chi connectivity index (χ1v) is 10.2. The number of carbonyl (C=O) groups is 1. The molecule has 1 atom stereocenters. The smallest absolute Gasteiger partial charge is 0.254 e. The van der Waals surface area contributed by atoms with Gasteiger partial charge in [-0.1, -0.05) is 0 Å². The molecule has 7 nitrogen and oxygen atoms in total. The predicted octanol–water partition coefficient (Wildman–Crippen LogP) is 2.64. The van der Waals surface area contributed by atoms with Crippen molar-refractivity contribution < 1.29 is 14.3 Å². The summed E-state index contributed by atoms with van der Waals surface area (Å²) in [4.78, 5) is 21.5. The maximum absolute atomic E-state index is 12.9. The molecule has 2 fully saturated rings. The fourth-order valence-corrected chi connectivity index (χ4v) is 3.83. The van der Waals surface area contributed by atoms with Gasteiger partial charge in [0.1, 0.15) is 11.6 Å². The molecular formula is C22H28N4O3. The van der Waals surface area contributed by atoms with E-state index in [-0.39, 0.29) is 12.0 Å². The van der Waals surface area contributed by atoms with Gasteiger partial charge >= 0.3 is 0 Å². The number of amides is 1. The first-order valence-electron chi connectivity index (χ1n) is 10.2. The van der Waals surface area contributed by atoms with Crippen molar-refractivity contribution in [1.82, 2.24) is 9.88 Å². The number of piperazine rings is 1. The first-order chi connectivity index (χ1) is 14.2. The molecular weight excluding hydrogens is 368 g/mol. The van der Waals surface area contributed by atoms with Crippen molar-refractivity contribution in [1.29, 1.82) is 0 Å². The lowest BCUT2D eigenvalue weighted by molar-refractivity contribution is 0.0746. The second kappa shape index (κ2) is 9.13. The summed E-state index contributed by atoms with van der Waals surface area (Å²) in [5.74, 6) is 1.63. The van der Waals surface area contributed by atoms with E-state index in [4.69, 9.17) is 9.47 Å². The number of nitrogens with zero attached hydrogens (tertiary/aromatic N) is 3. The van der Waals surface area contributed by atoms with Crippen LogP contribution in [0.2, 0.25) is 0 Å². The highest BCUT2D eigenvalue weighted by Crippen LogP contribution is 2.21. The summed E-state index contributed by atoms with van der Waals surface area (Å²) in [5, 5.41) is 3.30. The quantitative estimate of drug-likeness (QED) is 0.810. The Bertz CT molecular complexity index is 813. The van der Waals surface area contributed by atoms with Gasteiger partial charge in [0.25, 0.3) is 5.91 Å². The summed E-state index contributed by atoms with van der Waals surface area (Å²) in [7, 11) is 1.67. The number of carbonyl (C=O) groups excluding carboxylic acids is 1. The fourth-order valence-electron chi connectivity index (χ4n) is 3.83. The second-order valence-electron chi connectivity index (χ2n) is 7.42. The Hall–Kier alpha value is -2.80. The lowest BCUT2D eigenvalue weighted by atomic mass is 10.2. The van der Waals surface area contributed by atoms with Crippen molar-refractivity contribution >= 4 is 17.4 Å². The van der Waals surface area contributed by atoms with Crippen LogP contribution in [0.15, 0.2) is 42.6 Å². The van der Waals surface area contributed by atoms with E-state index in [0.717, 1.165) is 56.3 Å². The van der Waals surface area contributed by atoms with E-state index in [0.29, 0.717) is 18.7 Å². The van der Waals surface area contributed by atoms with Crippen LogP contribution in [-0.4, -0.2) is 68.3 Å². The molecule has 7 heteroatoms. The number of ether oxygens (including phenoxy) is 2. The van der Waals surface area contributed by atoms with Crippen LogP contribution < -0.4 is 15.0 Å². The van der Waals surface area contributed by atoms with E-state index in [9.17, 15) is 4.79 Å². The van der Waals surface area contributed by atoms with Crippen LogP contribution >= 0.6 is 0 Å². The summed E-state index contributed by atoms with van der Waals surface area (Å²) in [5.41, 5.74) is 1.83. The van der Waals surface area contributed by atoms with Crippen molar-refractivity contribution in [3.05, 3.63) is 48.2 Å². The number of nitrogens with one attached hydrogen (secondary N) is 1. The predicted molar refractivity (Wildman–Crippen MR) is 113 cm³/mol. The fraction of sp³-hybridized carbons (Fsp3) is 0.455. The van der Waals surface area contributed by atoms with Gasteiger partial charge in [-0.2, -0.15) is 0 Å². The van der Waals surface area contributed by atoms with Crippen LogP contribution in [0.4, 0.5) is 11.5 Å². The number of hydrogen-bond acceptors (Lipinski definition) is 6. The Morgan fingerprint density at radius 3 is 2.69 bits per heavy atom. The summed E-state index contributed by atoms with van der Waals surface area (Å²) < 4.78 is 10.9. The Morgan fingerprint density at radius 1 is 1.21 bits per heavy atom. The van der Waals surface area contributed by atoms with Crippen LogP contribution in [-0.2, 0) is 4.74 Å². The number of rotatable bonds is 6. The average molecular weight is 396 g/mol. The number of anilines is 2. The maximum atomic E-state index is 12.9. The summed E-state index contributed by atoms with van der Waals surface area (Å²) in [6.45, 7) is 4.59. The molecule has 1 amide bonds. The molecule has 4 rings (SSSR count). The minimum atomic E-state index is 0.0574. The Balaban J connectivity index is 1.32. The van der Waals surface area contributed by atoms with E-state index in [1.807, 2.05) is 23.1 Å². The lowest BCUT2D eigenvalue weighted by Gasteiger charge is -2.36. The van der Waals surface area contributed by atoms with E-state index < -0.39 is 0 Å². The number of pyridine rings is 1. The molecule has 1 unspecified atom stereocenters. The number of hydrogen-bond donors (Lipinski definition) is 1. The van der Waals surface area contributed by atoms with E-state index in [2.05, 4.69) is 27.3 Å². The van der Waals surface area contributed by atoms with Gasteiger partial charge in [-0.3, -0.25) is 4.79 Å². The zero-order valence-electron chi connectivity index (χ0n) is 16.8. The minimum absolute atomic E-state index is 0.0574. The van der Waals surface area contributed by atoms with E-state index in [1.165, 1.54) is 0 Å². The van der Waals surface area contributed by atoms with Gasteiger partial charge in [0.05, 0.1) is 13.2 Å². The number of methoxy groups -OCH3 is 1. The molecule has 2 aliphatic rings. The van der Waals surface area contributed by atoms with Gasteiger partial charge in [0.2, 0.25) is 0 Å². The zero-order valence-corrected chi connectivity index (χ0v) is 16.8. The van der Waals surface area contributed by atoms with Gasteiger partial charge in [0, 0.05) is 56.8 Å². The minimum Gasteiger partial charge on any atom is -0.497 e. The molecule has 29 heavy (non-hydrogen) atoms. The topological polar surface area (TPSA) is 66.9 Å². The molecule has 154 valence electrons. The van der Waals surface area contributed by atoms with Crippen LogP contribution in [0.1, 0.15) is 23.2 Å². The van der Waals surface area contributed by atoms with Gasteiger partial charge < -0.3 is 24.6 Å². The molecule has 2 aromatic rings. The molecule has 1 aromatic heterocycles. The van der Waals surface area contributed by atoms with Crippen molar-refractivity contribution in [2.24, 2.45) is 0 Å². The second-order valence-corrected chi connectivity index (χ2v) is 7.42. The summed E-state index contributed by atoms with van der Waals surface area (Å²) in [6, 6.07) is 11.7. The Labute approximate surface area is 171 Å². The van der Waals surface area contributed by atoms with Gasteiger partial charge in [-0.05, 0) is 49.2 Å². The normalized spacial score (nSPS) is 19.3. The van der Waals surface area contributed by atoms with Crippen molar-refractivity contribution in [2.75, 3.05) is 56.7 Å². The van der Waals surface area contributed by atoms with Crippen LogP contribution in [0.5, 0.6) is 5.75 Å². The highest BCUT2D eigenvalue weighted by Gasteiger charge is 2.23. The van der Waals surface area contributed by atoms with E-state index >= 15 is 0 Å². The highest BCUT2D eigenvalue weighted by atomic mass is 16.5. The van der Waals surface area contributed by atoms with Gasteiger partial charge in [-0.15, -0.1) is 0 Å². The zero-order chi connectivity index (χ0) is 20.1. The van der Waals surface area contributed by atoms with Crippen LogP contribution in [0, 0.1) is 0 Å². The van der Waals surface area contributed by atoms with Gasteiger partial charge in [0.15, 0.2) is 0 Å². The summed E-state index contributed by atoms with van der Waals surface area (Å²) >= 11 is 0. The molecule has 0 aliphatic carbocycles. The highest BCUT2D eigenvalue weighted by molar-refractivity contribution is 5.95.